The highest BCUT2D eigenvalue weighted by atomic mass is 79.9. The number of nitrogens with zero attached hydrogens (tertiary/aromatic N) is 2. The Bertz CT molecular complexity index is 642. The van der Waals surface area contributed by atoms with E-state index in [1.807, 2.05) is 0 Å². The third kappa shape index (κ3) is 2.16. The minimum absolute atomic E-state index is 0.0209. The Balaban J connectivity index is 2.93. The average molecular weight is 344 g/mol. The monoisotopic (exact) mass is 342 g/mol. The van der Waals surface area contributed by atoms with Gasteiger partial charge in [-0.2, -0.15) is 13.2 Å². The molecule has 0 bridgehead atoms. The summed E-state index contributed by atoms with van der Waals surface area (Å²) >= 11 is 8.14. The molecule has 18 heavy (non-hydrogen) atoms. The van der Waals surface area contributed by atoms with E-state index in [-0.39, 0.29) is 21.9 Å². The standard InChI is InChI=1S/C10H4BrClF4N2/c1-3-4-2-5(10(14,15)16)6(11)7(13)8(4)18-9(12)17-3/h2H,1H3. The van der Waals surface area contributed by atoms with Gasteiger partial charge in [0.15, 0.2) is 5.82 Å². The summed E-state index contributed by atoms with van der Waals surface area (Å²) in [5.74, 6) is -1.10. The molecule has 8 heteroatoms. The maximum absolute atomic E-state index is 13.9. The third-order valence-corrected chi connectivity index (χ3v) is 3.28. The maximum atomic E-state index is 13.9. The number of rotatable bonds is 0. The maximum Gasteiger partial charge on any atom is 0.417 e. The molecule has 0 fully saturated rings. The van der Waals surface area contributed by atoms with Crippen molar-refractivity contribution in [1.29, 1.82) is 0 Å². The Labute approximate surface area is 112 Å². The SMILES string of the molecule is Cc1nc(Cl)nc2c(F)c(Br)c(C(F)(F)F)cc12. The van der Waals surface area contributed by atoms with Crippen molar-refractivity contribution in [3.05, 3.63) is 32.9 Å². The third-order valence-electron chi connectivity index (χ3n) is 2.34. The van der Waals surface area contributed by atoms with Gasteiger partial charge >= 0.3 is 6.18 Å². The molecule has 0 aliphatic carbocycles. The highest BCUT2D eigenvalue weighted by Crippen LogP contribution is 2.39. The van der Waals surface area contributed by atoms with Crippen LogP contribution < -0.4 is 0 Å². The number of aryl methyl sites for hydroxylation is 1. The number of alkyl halides is 3. The lowest BCUT2D eigenvalue weighted by Gasteiger charge is -2.12. The normalized spacial score (nSPS) is 12.2. The zero-order valence-corrected chi connectivity index (χ0v) is 11.1. The second-order valence-electron chi connectivity index (χ2n) is 3.52. The van der Waals surface area contributed by atoms with Crippen molar-refractivity contribution < 1.29 is 17.6 Å². The van der Waals surface area contributed by atoms with Crippen LogP contribution in [0.4, 0.5) is 17.6 Å². The molecule has 0 spiro atoms. The van der Waals surface area contributed by atoms with E-state index < -0.39 is 22.0 Å². The van der Waals surface area contributed by atoms with Gasteiger partial charge in [0.05, 0.1) is 15.7 Å². The smallest absolute Gasteiger partial charge is 0.223 e. The number of halogens is 6. The molecule has 0 aliphatic rings. The largest absolute Gasteiger partial charge is 0.417 e. The number of fused-ring (bicyclic) bond motifs is 1. The fourth-order valence-corrected chi connectivity index (χ4v) is 2.26. The van der Waals surface area contributed by atoms with Gasteiger partial charge in [-0.15, -0.1) is 0 Å². The fraction of sp³-hybridized carbons (Fsp3) is 0.200. The van der Waals surface area contributed by atoms with Gasteiger partial charge < -0.3 is 0 Å². The predicted molar refractivity (Wildman–Crippen MR) is 61.9 cm³/mol. The second-order valence-corrected chi connectivity index (χ2v) is 4.66. The van der Waals surface area contributed by atoms with Crippen molar-refractivity contribution >= 4 is 38.4 Å². The van der Waals surface area contributed by atoms with E-state index >= 15 is 0 Å². The molecule has 0 N–H and O–H groups in total. The Morgan fingerprint density at radius 2 is 1.89 bits per heavy atom. The summed E-state index contributed by atoms with van der Waals surface area (Å²) in [4.78, 5) is 7.30. The van der Waals surface area contributed by atoms with E-state index in [1.165, 1.54) is 6.92 Å². The molecule has 0 unspecified atom stereocenters. The highest BCUT2D eigenvalue weighted by Gasteiger charge is 2.35. The molecule has 0 atom stereocenters. The van der Waals surface area contributed by atoms with Crippen molar-refractivity contribution in [1.82, 2.24) is 9.97 Å². The Hall–Kier alpha value is -0.950. The van der Waals surface area contributed by atoms with E-state index in [0.717, 1.165) is 6.07 Å². The van der Waals surface area contributed by atoms with Crippen LogP contribution in [0.2, 0.25) is 5.28 Å². The van der Waals surface area contributed by atoms with E-state index in [2.05, 4.69) is 25.9 Å². The average Bonchev–Trinajstić information content (AvgIpc) is 2.22. The first-order valence-electron chi connectivity index (χ1n) is 4.61. The van der Waals surface area contributed by atoms with Gasteiger partial charge in [0, 0.05) is 5.39 Å². The van der Waals surface area contributed by atoms with Crippen LogP contribution in [0, 0.1) is 12.7 Å². The van der Waals surface area contributed by atoms with Crippen molar-refractivity contribution in [3.8, 4) is 0 Å². The first-order chi connectivity index (χ1) is 8.21. The Kier molecular flexibility index (Phi) is 3.23. The summed E-state index contributed by atoms with van der Waals surface area (Å²) in [6, 6.07) is 0.800. The van der Waals surface area contributed by atoms with E-state index in [0.29, 0.717) is 0 Å². The first-order valence-corrected chi connectivity index (χ1v) is 5.78. The van der Waals surface area contributed by atoms with Gasteiger partial charge in [-0.3, -0.25) is 0 Å². The van der Waals surface area contributed by atoms with Gasteiger partial charge in [0.25, 0.3) is 0 Å². The molecule has 0 radical (unpaired) electrons. The number of aromatic nitrogens is 2. The van der Waals surface area contributed by atoms with Crippen LogP contribution in [0.5, 0.6) is 0 Å². The topological polar surface area (TPSA) is 25.8 Å². The van der Waals surface area contributed by atoms with Gasteiger partial charge in [-0.05, 0) is 40.5 Å². The molecule has 0 saturated heterocycles. The zero-order valence-electron chi connectivity index (χ0n) is 8.74. The molecule has 0 amide bonds. The molecule has 1 aromatic heterocycles. The summed E-state index contributed by atoms with van der Waals surface area (Å²) in [6.07, 6.45) is -4.67. The van der Waals surface area contributed by atoms with E-state index in [1.54, 1.807) is 0 Å². The molecule has 96 valence electrons. The van der Waals surface area contributed by atoms with Crippen LogP contribution in [0.25, 0.3) is 10.9 Å². The summed E-state index contributed by atoms with van der Waals surface area (Å²) in [7, 11) is 0. The summed E-state index contributed by atoms with van der Waals surface area (Å²) < 4.78 is 51.3. The minimum Gasteiger partial charge on any atom is -0.223 e. The lowest BCUT2D eigenvalue weighted by molar-refractivity contribution is -0.138. The van der Waals surface area contributed by atoms with Crippen LogP contribution in [-0.4, -0.2) is 9.97 Å². The minimum atomic E-state index is -4.67. The number of hydrogen-bond acceptors (Lipinski definition) is 2. The van der Waals surface area contributed by atoms with Crippen molar-refractivity contribution in [2.45, 2.75) is 13.1 Å². The van der Waals surface area contributed by atoms with Crippen LogP contribution in [0.3, 0.4) is 0 Å². The van der Waals surface area contributed by atoms with Crippen LogP contribution in [-0.2, 0) is 6.18 Å². The molecular formula is C10H4BrClF4N2. The number of benzene rings is 1. The summed E-state index contributed by atoms with van der Waals surface area (Å²) in [5, 5.41) is -0.238. The van der Waals surface area contributed by atoms with Crippen LogP contribution >= 0.6 is 27.5 Å². The lowest BCUT2D eigenvalue weighted by Crippen LogP contribution is -2.08. The number of hydrogen-bond donors (Lipinski definition) is 0. The van der Waals surface area contributed by atoms with Gasteiger partial charge in [0.1, 0.15) is 5.52 Å². The quantitative estimate of drug-likeness (QED) is 0.519. The lowest BCUT2D eigenvalue weighted by atomic mass is 10.1. The second kappa shape index (κ2) is 4.31. The molecule has 2 nitrogen and oxygen atoms in total. The summed E-state index contributed by atoms with van der Waals surface area (Å²) in [5.41, 5.74) is -1.17. The van der Waals surface area contributed by atoms with Gasteiger partial charge in [-0.1, -0.05) is 0 Å². The zero-order chi connectivity index (χ0) is 13.7. The fourth-order valence-electron chi connectivity index (χ4n) is 1.52. The van der Waals surface area contributed by atoms with Crippen LogP contribution in [0.15, 0.2) is 10.5 Å². The molecule has 2 rings (SSSR count). The Morgan fingerprint density at radius 3 is 2.44 bits per heavy atom. The van der Waals surface area contributed by atoms with Crippen LogP contribution in [0.1, 0.15) is 11.3 Å². The molecule has 0 saturated carbocycles. The molecule has 1 aromatic carbocycles. The molecule has 2 aromatic rings. The van der Waals surface area contributed by atoms with Crippen molar-refractivity contribution in [2.24, 2.45) is 0 Å². The van der Waals surface area contributed by atoms with Crippen molar-refractivity contribution in [2.75, 3.05) is 0 Å². The Morgan fingerprint density at radius 1 is 1.28 bits per heavy atom. The van der Waals surface area contributed by atoms with Crippen molar-refractivity contribution in [3.63, 3.8) is 0 Å². The molecular weight excluding hydrogens is 339 g/mol. The first kappa shape index (κ1) is 13.5. The van der Waals surface area contributed by atoms with Gasteiger partial charge in [-0.25, -0.2) is 14.4 Å². The highest BCUT2D eigenvalue weighted by molar-refractivity contribution is 9.10. The summed E-state index contributed by atoms with van der Waals surface area (Å²) in [6.45, 7) is 1.43. The molecule has 1 heterocycles. The predicted octanol–water partition coefficient (Wildman–Crippen LogP) is 4.51. The van der Waals surface area contributed by atoms with E-state index in [4.69, 9.17) is 11.6 Å². The van der Waals surface area contributed by atoms with E-state index in [9.17, 15) is 17.6 Å². The van der Waals surface area contributed by atoms with Gasteiger partial charge in [0.2, 0.25) is 5.28 Å². The molecule has 0 aliphatic heterocycles.